The van der Waals surface area contributed by atoms with Gasteiger partial charge in [-0.1, -0.05) is 17.4 Å². The van der Waals surface area contributed by atoms with Gasteiger partial charge in [-0.2, -0.15) is 0 Å². The Hall–Kier alpha value is -2.93. The molecule has 4 rings (SSSR count). The van der Waals surface area contributed by atoms with E-state index in [1.807, 2.05) is 25.1 Å². The molecule has 0 saturated heterocycles. The number of nitrogens with zero attached hydrogens (tertiary/aromatic N) is 1. The van der Waals surface area contributed by atoms with Crippen LogP contribution in [0.3, 0.4) is 0 Å². The van der Waals surface area contributed by atoms with E-state index >= 15 is 0 Å². The molecule has 6 nitrogen and oxygen atoms in total. The van der Waals surface area contributed by atoms with Crippen molar-refractivity contribution in [2.45, 2.75) is 6.92 Å². The number of fused-ring (bicyclic) bond motifs is 2. The van der Waals surface area contributed by atoms with Crippen LogP contribution in [0.5, 0.6) is 5.75 Å². The van der Waals surface area contributed by atoms with Gasteiger partial charge >= 0.3 is 0 Å². The summed E-state index contributed by atoms with van der Waals surface area (Å²) < 4.78 is 6.36. The Morgan fingerprint density at radius 3 is 3.04 bits per heavy atom. The van der Waals surface area contributed by atoms with E-state index in [2.05, 4.69) is 15.6 Å². The number of aromatic nitrogens is 1. The van der Waals surface area contributed by atoms with Crippen molar-refractivity contribution in [1.82, 2.24) is 4.98 Å². The Balaban J connectivity index is 1.58. The van der Waals surface area contributed by atoms with Crippen molar-refractivity contribution in [3.63, 3.8) is 0 Å². The summed E-state index contributed by atoms with van der Waals surface area (Å²) in [5, 5.41) is 6.05. The van der Waals surface area contributed by atoms with Crippen LogP contribution in [0, 0.1) is 6.92 Å². The van der Waals surface area contributed by atoms with Gasteiger partial charge in [0.05, 0.1) is 15.9 Å². The predicted octanol–water partition coefficient (Wildman–Crippen LogP) is 3.19. The van der Waals surface area contributed by atoms with E-state index in [-0.39, 0.29) is 18.4 Å². The van der Waals surface area contributed by atoms with Crippen molar-refractivity contribution in [2.75, 3.05) is 17.2 Å². The third kappa shape index (κ3) is 2.69. The summed E-state index contributed by atoms with van der Waals surface area (Å²) in [6, 6.07) is 10.9. The molecular weight excluding hydrogens is 326 g/mol. The number of thiazole rings is 1. The van der Waals surface area contributed by atoms with Crippen LogP contribution in [-0.2, 0) is 4.79 Å². The highest BCUT2D eigenvalue weighted by Crippen LogP contribution is 2.30. The summed E-state index contributed by atoms with van der Waals surface area (Å²) in [5.74, 6) is 0.0146. The van der Waals surface area contributed by atoms with E-state index in [1.165, 1.54) is 11.3 Å². The summed E-state index contributed by atoms with van der Waals surface area (Å²) in [7, 11) is 0. The van der Waals surface area contributed by atoms with Gasteiger partial charge < -0.3 is 10.1 Å². The van der Waals surface area contributed by atoms with Crippen LogP contribution in [0.15, 0.2) is 36.4 Å². The lowest BCUT2D eigenvalue weighted by atomic mass is 10.1. The maximum atomic E-state index is 12.4. The summed E-state index contributed by atoms with van der Waals surface area (Å²) in [6.45, 7) is 1.97. The van der Waals surface area contributed by atoms with Crippen molar-refractivity contribution in [3.05, 3.63) is 47.5 Å². The Morgan fingerprint density at radius 2 is 2.17 bits per heavy atom. The van der Waals surface area contributed by atoms with Crippen LogP contribution >= 0.6 is 11.3 Å². The first-order valence-electron chi connectivity index (χ1n) is 7.34. The maximum Gasteiger partial charge on any atom is 0.262 e. The van der Waals surface area contributed by atoms with Gasteiger partial charge in [-0.15, -0.1) is 0 Å². The average molecular weight is 339 g/mol. The topological polar surface area (TPSA) is 80.3 Å². The fourth-order valence-electron chi connectivity index (χ4n) is 2.47. The molecule has 1 aliphatic rings. The van der Waals surface area contributed by atoms with Gasteiger partial charge in [0.1, 0.15) is 5.75 Å². The van der Waals surface area contributed by atoms with Gasteiger partial charge in [-0.25, -0.2) is 4.98 Å². The number of anilines is 2. The molecule has 7 heteroatoms. The lowest BCUT2D eigenvalue weighted by molar-refractivity contribution is -0.118. The van der Waals surface area contributed by atoms with Crippen LogP contribution in [0.1, 0.15) is 15.9 Å². The third-order valence-electron chi connectivity index (χ3n) is 3.64. The molecule has 0 radical (unpaired) electrons. The number of aryl methyl sites for hydroxylation is 1. The van der Waals surface area contributed by atoms with Crippen molar-refractivity contribution >= 4 is 44.2 Å². The summed E-state index contributed by atoms with van der Waals surface area (Å²) in [4.78, 5) is 28.1. The van der Waals surface area contributed by atoms with E-state index in [0.717, 1.165) is 15.8 Å². The number of amides is 2. The number of carbonyl (C=O) groups excluding carboxylic acids is 2. The first-order chi connectivity index (χ1) is 11.6. The Morgan fingerprint density at radius 1 is 1.29 bits per heavy atom. The molecule has 3 aromatic rings. The molecule has 1 aromatic heterocycles. The number of carbonyl (C=O) groups is 2. The average Bonchev–Trinajstić information content (AvgIpc) is 2.95. The summed E-state index contributed by atoms with van der Waals surface area (Å²) >= 11 is 1.43. The number of rotatable bonds is 2. The van der Waals surface area contributed by atoms with Crippen molar-refractivity contribution in [1.29, 1.82) is 0 Å². The highest BCUT2D eigenvalue weighted by atomic mass is 32.1. The molecule has 0 atom stereocenters. The SMILES string of the molecule is Cc1ccc2nc(NC(=O)c3ccc4c(c3)OCC(=O)N4)sc2c1. The number of ether oxygens (including phenoxy) is 1. The minimum Gasteiger partial charge on any atom is -0.482 e. The van der Waals surface area contributed by atoms with E-state index in [4.69, 9.17) is 4.74 Å². The molecule has 0 spiro atoms. The standard InChI is InChI=1S/C17H13N3O3S/c1-9-2-4-12-14(6-9)24-17(19-12)20-16(22)10-3-5-11-13(7-10)23-8-15(21)18-11/h2-7H,8H2,1H3,(H,18,21)(H,19,20,22). The molecule has 2 N–H and O–H groups in total. The largest absolute Gasteiger partial charge is 0.482 e. The van der Waals surface area contributed by atoms with Gasteiger partial charge in [-0.05, 0) is 42.8 Å². The molecule has 120 valence electrons. The zero-order chi connectivity index (χ0) is 16.7. The lowest BCUT2D eigenvalue weighted by Crippen LogP contribution is -2.25. The molecule has 2 heterocycles. The number of hydrogen-bond acceptors (Lipinski definition) is 5. The lowest BCUT2D eigenvalue weighted by Gasteiger charge is -2.18. The Labute approximate surface area is 141 Å². The second-order valence-corrected chi connectivity index (χ2v) is 6.52. The number of nitrogens with one attached hydrogen (secondary N) is 2. The molecule has 1 aliphatic heterocycles. The minimum absolute atomic E-state index is 0.0463. The first-order valence-corrected chi connectivity index (χ1v) is 8.15. The minimum atomic E-state index is -0.269. The smallest absolute Gasteiger partial charge is 0.262 e. The van der Waals surface area contributed by atoms with Crippen LogP contribution in [0.25, 0.3) is 10.2 Å². The normalized spacial score (nSPS) is 13.1. The number of benzene rings is 2. The summed E-state index contributed by atoms with van der Waals surface area (Å²) in [6.07, 6.45) is 0. The molecule has 2 aromatic carbocycles. The Bertz CT molecular complexity index is 980. The zero-order valence-electron chi connectivity index (χ0n) is 12.8. The zero-order valence-corrected chi connectivity index (χ0v) is 13.6. The third-order valence-corrected chi connectivity index (χ3v) is 4.57. The van der Waals surface area contributed by atoms with Crippen LogP contribution < -0.4 is 15.4 Å². The molecule has 0 aliphatic carbocycles. The van der Waals surface area contributed by atoms with Gasteiger partial charge in [0, 0.05) is 5.56 Å². The summed E-state index contributed by atoms with van der Waals surface area (Å²) in [5.41, 5.74) is 3.02. The number of hydrogen-bond donors (Lipinski definition) is 2. The van der Waals surface area contributed by atoms with E-state index < -0.39 is 0 Å². The molecule has 2 amide bonds. The molecule has 0 bridgehead atoms. The second-order valence-electron chi connectivity index (χ2n) is 5.49. The first kappa shape index (κ1) is 14.6. The van der Waals surface area contributed by atoms with E-state index in [9.17, 15) is 9.59 Å². The van der Waals surface area contributed by atoms with Crippen LogP contribution in [0.4, 0.5) is 10.8 Å². The molecular formula is C17H13N3O3S. The molecule has 0 saturated carbocycles. The van der Waals surface area contributed by atoms with E-state index in [1.54, 1.807) is 18.2 Å². The van der Waals surface area contributed by atoms with Crippen molar-refractivity contribution < 1.29 is 14.3 Å². The highest BCUT2D eigenvalue weighted by molar-refractivity contribution is 7.22. The van der Waals surface area contributed by atoms with Crippen molar-refractivity contribution in [2.24, 2.45) is 0 Å². The quantitative estimate of drug-likeness (QED) is 0.751. The van der Waals surface area contributed by atoms with Crippen LogP contribution in [-0.4, -0.2) is 23.4 Å². The van der Waals surface area contributed by atoms with Crippen LogP contribution in [0.2, 0.25) is 0 Å². The van der Waals surface area contributed by atoms with Gasteiger partial charge in [0.15, 0.2) is 11.7 Å². The van der Waals surface area contributed by atoms with Gasteiger partial charge in [-0.3, -0.25) is 14.9 Å². The fourth-order valence-corrected chi connectivity index (χ4v) is 3.43. The Kier molecular flexibility index (Phi) is 3.42. The van der Waals surface area contributed by atoms with Crippen molar-refractivity contribution in [3.8, 4) is 5.75 Å². The molecule has 24 heavy (non-hydrogen) atoms. The molecule has 0 fully saturated rings. The van der Waals surface area contributed by atoms with Gasteiger partial charge in [0.25, 0.3) is 11.8 Å². The molecule has 0 unspecified atom stereocenters. The predicted molar refractivity (Wildman–Crippen MR) is 92.9 cm³/mol. The highest BCUT2D eigenvalue weighted by Gasteiger charge is 2.18. The second kappa shape index (κ2) is 5.61. The monoisotopic (exact) mass is 339 g/mol. The maximum absolute atomic E-state index is 12.4. The van der Waals surface area contributed by atoms with Gasteiger partial charge in [0.2, 0.25) is 0 Å². The van der Waals surface area contributed by atoms with E-state index in [0.29, 0.717) is 22.1 Å². The fraction of sp³-hybridized carbons (Fsp3) is 0.118.